The second-order valence-electron chi connectivity index (χ2n) is 9.49. The van der Waals surface area contributed by atoms with Crippen LogP contribution in [0.1, 0.15) is 31.2 Å². The molecule has 0 bridgehead atoms. The van der Waals surface area contributed by atoms with Crippen LogP contribution < -0.4 is 5.73 Å². The largest absolute Gasteiger partial charge is 0.460 e. The molecule has 0 aliphatic heterocycles. The lowest BCUT2D eigenvalue weighted by Crippen LogP contribution is -2.53. The van der Waals surface area contributed by atoms with Crippen molar-refractivity contribution in [1.82, 2.24) is 18.6 Å². The number of aromatic nitrogens is 2. The Balaban J connectivity index is 1.45. The molecule has 2 aromatic heterocycles. The van der Waals surface area contributed by atoms with Crippen LogP contribution in [0.3, 0.4) is 0 Å². The number of sulfonamides is 1. The average molecular weight is 558 g/mol. The van der Waals surface area contributed by atoms with E-state index < -0.39 is 40.0 Å². The van der Waals surface area contributed by atoms with E-state index in [-0.39, 0.29) is 16.4 Å². The molecule has 3 aromatic rings. The summed E-state index contributed by atoms with van der Waals surface area (Å²) in [6, 6.07) is 11.6. The summed E-state index contributed by atoms with van der Waals surface area (Å²) < 4.78 is 34.2. The molecule has 1 saturated carbocycles. The minimum atomic E-state index is -3.85. The molecule has 1 aromatic carbocycles. The average Bonchev–Trinajstić information content (AvgIpc) is 3.37. The van der Waals surface area contributed by atoms with Crippen LogP contribution in [0.5, 0.6) is 0 Å². The van der Waals surface area contributed by atoms with Crippen LogP contribution in [0.4, 0.5) is 0 Å². The molecule has 10 nitrogen and oxygen atoms in total. The number of hydrogen-bond acceptors (Lipinski definition) is 7. The van der Waals surface area contributed by atoms with E-state index in [2.05, 4.69) is 4.98 Å². The molecule has 4 rings (SSSR count). The molecule has 2 atom stereocenters. The third-order valence-corrected chi connectivity index (χ3v) is 9.24. The minimum Gasteiger partial charge on any atom is -0.460 e. The SMILES string of the molecule is CN(CC(=O)OC1CCCCC1(C(N)=S)c1ccc2nccn2c1)C(=O)CN(C)S(=O)(=O)c1ccccc1. The van der Waals surface area contributed by atoms with Gasteiger partial charge < -0.3 is 19.8 Å². The second-order valence-corrected chi connectivity index (χ2v) is 12.0. The van der Waals surface area contributed by atoms with E-state index in [1.807, 2.05) is 28.9 Å². The van der Waals surface area contributed by atoms with E-state index in [1.165, 1.54) is 26.2 Å². The van der Waals surface area contributed by atoms with Crippen LogP contribution in [0.2, 0.25) is 0 Å². The Kier molecular flexibility index (Phi) is 8.14. The van der Waals surface area contributed by atoms with Crippen LogP contribution in [0.25, 0.3) is 5.65 Å². The normalized spacial score (nSPS) is 19.8. The van der Waals surface area contributed by atoms with Crippen molar-refractivity contribution in [3.05, 3.63) is 66.6 Å². The van der Waals surface area contributed by atoms with Crippen LogP contribution in [-0.4, -0.2) is 77.2 Å². The number of rotatable bonds is 9. The smallest absolute Gasteiger partial charge is 0.325 e. The highest BCUT2D eigenvalue weighted by Crippen LogP contribution is 2.42. The summed E-state index contributed by atoms with van der Waals surface area (Å²) in [6.45, 7) is -0.769. The number of imidazole rings is 1. The Morgan fingerprint density at radius 1 is 1.16 bits per heavy atom. The highest BCUT2D eigenvalue weighted by Gasteiger charge is 2.47. The van der Waals surface area contributed by atoms with Gasteiger partial charge in [-0.3, -0.25) is 9.59 Å². The topological polar surface area (TPSA) is 127 Å². The fourth-order valence-electron chi connectivity index (χ4n) is 4.89. The number of ether oxygens (including phenoxy) is 1. The number of hydrogen-bond donors (Lipinski definition) is 1. The number of benzene rings is 1. The fourth-order valence-corrected chi connectivity index (χ4v) is 6.38. The van der Waals surface area contributed by atoms with Crippen LogP contribution >= 0.6 is 12.2 Å². The third-order valence-electron chi connectivity index (χ3n) is 7.06. The lowest BCUT2D eigenvalue weighted by Gasteiger charge is -2.43. The third kappa shape index (κ3) is 5.42. The first-order valence-corrected chi connectivity index (χ1v) is 14.1. The van der Waals surface area contributed by atoms with Crippen LogP contribution in [0, 0.1) is 0 Å². The van der Waals surface area contributed by atoms with Crippen molar-refractivity contribution in [2.45, 2.75) is 42.1 Å². The molecule has 12 heteroatoms. The molecular weight excluding hydrogens is 526 g/mol. The molecule has 1 fully saturated rings. The van der Waals surface area contributed by atoms with Gasteiger partial charge in [-0.2, -0.15) is 4.31 Å². The van der Waals surface area contributed by atoms with E-state index in [1.54, 1.807) is 24.4 Å². The summed E-state index contributed by atoms with van der Waals surface area (Å²) in [5, 5.41) is 0. The summed E-state index contributed by atoms with van der Waals surface area (Å²) in [5.41, 5.74) is 7.06. The van der Waals surface area contributed by atoms with Crippen molar-refractivity contribution in [1.29, 1.82) is 0 Å². The van der Waals surface area contributed by atoms with E-state index in [4.69, 9.17) is 22.7 Å². The number of likely N-dealkylation sites (N-methyl/N-ethyl adjacent to an activating group) is 2. The Morgan fingerprint density at radius 3 is 2.61 bits per heavy atom. The van der Waals surface area contributed by atoms with E-state index >= 15 is 0 Å². The Hall–Kier alpha value is -3.35. The Labute approximate surface area is 227 Å². The summed E-state index contributed by atoms with van der Waals surface area (Å²) >= 11 is 5.53. The van der Waals surface area contributed by atoms with Gasteiger partial charge in [-0.1, -0.05) is 42.9 Å². The lowest BCUT2D eigenvalue weighted by molar-refractivity contribution is -0.156. The number of esters is 1. The summed E-state index contributed by atoms with van der Waals surface area (Å²) in [4.78, 5) is 31.5. The Morgan fingerprint density at radius 2 is 1.89 bits per heavy atom. The van der Waals surface area contributed by atoms with Gasteiger partial charge in [0, 0.05) is 32.7 Å². The predicted octanol–water partition coefficient (Wildman–Crippen LogP) is 2.12. The number of nitrogens with two attached hydrogens (primary N) is 1. The minimum absolute atomic E-state index is 0.0811. The van der Waals surface area contributed by atoms with Crippen molar-refractivity contribution in [3.63, 3.8) is 0 Å². The summed E-state index contributed by atoms with van der Waals surface area (Å²) in [5.74, 6) is -1.16. The molecule has 38 heavy (non-hydrogen) atoms. The molecule has 1 amide bonds. The van der Waals surface area contributed by atoms with E-state index in [9.17, 15) is 18.0 Å². The number of nitrogens with zero attached hydrogens (tertiary/aromatic N) is 4. The van der Waals surface area contributed by atoms with Crippen LogP contribution in [-0.2, 0) is 29.8 Å². The molecule has 2 heterocycles. The molecule has 1 aliphatic carbocycles. The van der Waals surface area contributed by atoms with Gasteiger partial charge in [-0.15, -0.1) is 0 Å². The zero-order valence-electron chi connectivity index (χ0n) is 21.3. The number of pyridine rings is 1. The number of carbonyl (C=O) groups excluding carboxylic acids is 2. The summed E-state index contributed by atoms with van der Waals surface area (Å²) in [6.07, 6.45) is 7.73. The first-order chi connectivity index (χ1) is 18.1. The van der Waals surface area contributed by atoms with Crippen molar-refractivity contribution >= 4 is 44.8 Å². The van der Waals surface area contributed by atoms with E-state index in [0.29, 0.717) is 12.8 Å². The zero-order chi connectivity index (χ0) is 27.5. The van der Waals surface area contributed by atoms with Crippen molar-refractivity contribution in [2.24, 2.45) is 5.73 Å². The zero-order valence-corrected chi connectivity index (χ0v) is 23.0. The van der Waals surface area contributed by atoms with Gasteiger partial charge in [-0.25, -0.2) is 13.4 Å². The van der Waals surface area contributed by atoms with Crippen LogP contribution in [0.15, 0.2) is 66.0 Å². The number of amides is 1. The van der Waals surface area contributed by atoms with Gasteiger partial charge in [0.15, 0.2) is 0 Å². The van der Waals surface area contributed by atoms with Crippen molar-refractivity contribution < 1.29 is 22.7 Å². The maximum atomic E-state index is 13.0. The second kappa shape index (κ2) is 11.2. The first-order valence-electron chi connectivity index (χ1n) is 12.2. The van der Waals surface area contributed by atoms with Gasteiger partial charge in [0.25, 0.3) is 0 Å². The van der Waals surface area contributed by atoms with Gasteiger partial charge >= 0.3 is 5.97 Å². The molecule has 2 N–H and O–H groups in total. The van der Waals surface area contributed by atoms with Gasteiger partial charge in [0.2, 0.25) is 15.9 Å². The molecule has 2 unspecified atom stereocenters. The lowest BCUT2D eigenvalue weighted by atomic mass is 9.67. The van der Waals surface area contributed by atoms with E-state index in [0.717, 1.165) is 33.3 Å². The van der Waals surface area contributed by atoms with Gasteiger partial charge in [-0.05, 0) is 43.0 Å². The van der Waals surface area contributed by atoms with Gasteiger partial charge in [0.1, 0.15) is 18.3 Å². The summed E-state index contributed by atoms with van der Waals surface area (Å²) in [7, 11) is -1.10. The maximum absolute atomic E-state index is 13.0. The standard InChI is InChI=1S/C26H31N5O5S2/c1-29(23(32)17-30(2)38(34,35)20-8-4-3-5-9-20)18-24(33)36-21-10-6-7-13-26(21,25(27)37)19-11-12-22-28-14-15-31(22)16-19/h3-5,8-9,11-12,14-16,21H,6-7,10,13,17-18H2,1-2H3,(H2,27,37). The highest BCUT2D eigenvalue weighted by molar-refractivity contribution is 7.89. The van der Waals surface area contributed by atoms with Gasteiger partial charge in [0.05, 0.1) is 21.8 Å². The molecule has 0 spiro atoms. The maximum Gasteiger partial charge on any atom is 0.325 e. The first kappa shape index (κ1) is 27.7. The number of thiocarbonyl (C=S) groups is 1. The fraction of sp³-hybridized carbons (Fsp3) is 0.385. The number of carbonyl (C=O) groups is 2. The Bertz CT molecular complexity index is 1440. The molecule has 0 radical (unpaired) electrons. The molecule has 202 valence electrons. The van der Waals surface area contributed by atoms with Crippen molar-refractivity contribution in [3.8, 4) is 0 Å². The quantitative estimate of drug-likeness (QED) is 0.313. The van der Waals surface area contributed by atoms with Crippen molar-refractivity contribution in [2.75, 3.05) is 27.2 Å². The predicted molar refractivity (Wildman–Crippen MR) is 146 cm³/mol. The molecule has 0 saturated heterocycles. The molecule has 1 aliphatic rings. The highest BCUT2D eigenvalue weighted by atomic mass is 32.2. The monoisotopic (exact) mass is 557 g/mol. The number of fused-ring (bicyclic) bond motifs is 1. The molecular formula is C26H31N5O5S2.